The molecule has 0 saturated heterocycles. The Kier molecular flexibility index (Phi) is 7.03. The highest BCUT2D eigenvalue weighted by atomic mass is 19.4. The van der Waals surface area contributed by atoms with Crippen molar-refractivity contribution in [2.24, 2.45) is 0 Å². The van der Waals surface area contributed by atoms with Crippen molar-refractivity contribution in [3.8, 4) is 0 Å². The van der Waals surface area contributed by atoms with Gasteiger partial charge in [0.1, 0.15) is 0 Å². The number of para-hydroxylation sites is 2. The summed E-state index contributed by atoms with van der Waals surface area (Å²) in [4.78, 5) is 21.4. The van der Waals surface area contributed by atoms with E-state index in [9.17, 15) is 22.8 Å². The van der Waals surface area contributed by atoms with E-state index >= 15 is 0 Å². The van der Waals surface area contributed by atoms with Crippen LogP contribution in [0.4, 0.5) is 30.2 Å². The smallest absolute Gasteiger partial charge is 0.416 e. The third kappa shape index (κ3) is 5.99. The van der Waals surface area contributed by atoms with E-state index in [2.05, 4.69) is 5.32 Å². The maximum atomic E-state index is 12.6. The molecule has 0 atom stereocenters. The van der Waals surface area contributed by atoms with Gasteiger partial charge in [-0.1, -0.05) is 30.3 Å². The number of rotatable bonds is 4. The number of benzene rings is 3. The van der Waals surface area contributed by atoms with Crippen molar-refractivity contribution in [3.05, 3.63) is 89.5 Å². The van der Waals surface area contributed by atoms with E-state index in [4.69, 9.17) is 15.9 Å². The number of nitrogen functional groups attached to an aromatic ring is 1. The third-order valence-electron chi connectivity index (χ3n) is 3.82. The number of aromatic carboxylic acids is 2. The molecule has 0 bridgehead atoms. The van der Waals surface area contributed by atoms with Crippen molar-refractivity contribution in [3.63, 3.8) is 0 Å². The minimum absolute atomic E-state index is 0.00934. The summed E-state index contributed by atoms with van der Waals surface area (Å²) in [7, 11) is 0. The van der Waals surface area contributed by atoms with E-state index in [1.807, 2.05) is 0 Å². The molecule has 0 aliphatic carbocycles. The van der Waals surface area contributed by atoms with Crippen LogP contribution in [0.15, 0.2) is 72.8 Å². The monoisotopic (exact) mass is 418 g/mol. The molecule has 5 N–H and O–H groups in total. The predicted molar refractivity (Wildman–Crippen MR) is 106 cm³/mol. The van der Waals surface area contributed by atoms with Crippen molar-refractivity contribution in [1.29, 1.82) is 0 Å². The highest BCUT2D eigenvalue weighted by Gasteiger charge is 2.30. The first-order chi connectivity index (χ1) is 14.1. The van der Waals surface area contributed by atoms with Gasteiger partial charge >= 0.3 is 18.1 Å². The fourth-order valence-electron chi connectivity index (χ4n) is 2.40. The van der Waals surface area contributed by atoms with Crippen LogP contribution in [0.3, 0.4) is 0 Å². The fourth-order valence-corrected chi connectivity index (χ4v) is 2.40. The molecule has 9 heteroatoms. The van der Waals surface area contributed by atoms with E-state index in [-0.39, 0.29) is 22.5 Å². The number of carbonyl (C=O) groups is 2. The van der Waals surface area contributed by atoms with E-state index < -0.39 is 23.7 Å². The van der Waals surface area contributed by atoms with Crippen LogP contribution in [0.5, 0.6) is 0 Å². The molecule has 3 aromatic rings. The van der Waals surface area contributed by atoms with Gasteiger partial charge < -0.3 is 21.3 Å². The molecule has 0 amide bonds. The Labute approximate surface area is 169 Å². The summed E-state index contributed by atoms with van der Waals surface area (Å²) >= 11 is 0. The minimum atomic E-state index is -4.44. The van der Waals surface area contributed by atoms with E-state index in [1.54, 1.807) is 30.3 Å². The second-order valence-electron chi connectivity index (χ2n) is 5.95. The summed E-state index contributed by atoms with van der Waals surface area (Å²) in [5, 5.41) is 20.2. The molecule has 0 radical (unpaired) electrons. The summed E-state index contributed by atoms with van der Waals surface area (Å²) in [6, 6.07) is 16.9. The molecular weight excluding hydrogens is 401 g/mol. The standard InChI is InChI=1S/C14H10F3NO2.C7H7NO2/c15-14(16,17)9-4-3-5-10(8-9)18-12-7-2-1-6-11(12)13(19)20;8-6-4-2-1-3-5(6)7(9)10/h1-8,18H,(H,19,20);1-4H,8H2,(H,9,10). The van der Waals surface area contributed by atoms with Gasteiger partial charge in [-0.3, -0.25) is 0 Å². The van der Waals surface area contributed by atoms with Crippen LogP contribution in [0.25, 0.3) is 0 Å². The number of nitrogens with two attached hydrogens (primary N) is 1. The Morgan fingerprint density at radius 1 is 0.800 bits per heavy atom. The van der Waals surface area contributed by atoms with E-state index in [0.29, 0.717) is 5.69 Å². The van der Waals surface area contributed by atoms with Gasteiger partial charge in [0.25, 0.3) is 0 Å². The molecule has 0 heterocycles. The average Bonchev–Trinajstić information content (AvgIpc) is 2.68. The Balaban J connectivity index is 0.000000269. The Hall–Kier alpha value is -4.01. The maximum Gasteiger partial charge on any atom is 0.416 e. The van der Waals surface area contributed by atoms with Crippen molar-refractivity contribution in [1.82, 2.24) is 0 Å². The Morgan fingerprint density at radius 2 is 1.37 bits per heavy atom. The zero-order valence-electron chi connectivity index (χ0n) is 15.4. The van der Waals surface area contributed by atoms with Crippen molar-refractivity contribution in [2.75, 3.05) is 11.1 Å². The van der Waals surface area contributed by atoms with Crippen LogP contribution in [0.2, 0.25) is 0 Å². The minimum Gasteiger partial charge on any atom is -0.478 e. The number of carboxylic acid groups (broad SMARTS) is 2. The zero-order valence-corrected chi connectivity index (χ0v) is 15.4. The van der Waals surface area contributed by atoms with Gasteiger partial charge in [-0.15, -0.1) is 0 Å². The maximum absolute atomic E-state index is 12.6. The Bertz CT molecular complexity index is 1050. The second-order valence-corrected chi connectivity index (χ2v) is 5.95. The molecule has 30 heavy (non-hydrogen) atoms. The molecule has 3 aromatic carbocycles. The fraction of sp³-hybridized carbons (Fsp3) is 0.0476. The first kappa shape index (κ1) is 22.3. The van der Waals surface area contributed by atoms with Gasteiger partial charge in [0.2, 0.25) is 0 Å². The lowest BCUT2D eigenvalue weighted by Crippen LogP contribution is -2.06. The predicted octanol–water partition coefficient (Wildman–Crippen LogP) is 5.11. The van der Waals surface area contributed by atoms with Crippen LogP contribution in [0.1, 0.15) is 26.3 Å². The molecule has 0 aliphatic rings. The van der Waals surface area contributed by atoms with Crippen LogP contribution in [-0.4, -0.2) is 22.2 Å². The third-order valence-corrected chi connectivity index (χ3v) is 3.82. The molecule has 0 spiro atoms. The van der Waals surface area contributed by atoms with Gasteiger partial charge in [-0.2, -0.15) is 13.2 Å². The molecule has 156 valence electrons. The van der Waals surface area contributed by atoms with E-state index in [1.165, 1.54) is 30.3 Å². The van der Waals surface area contributed by atoms with Crippen molar-refractivity contribution in [2.45, 2.75) is 6.18 Å². The summed E-state index contributed by atoms with van der Waals surface area (Å²) < 4.78 is 37.8. The van der Waals surface area contributed by atoms with Crippen LogP contribution in [-0.2, 0) is 6.18 Å². The van der Waals surface area contributed by atoms with Gasteiger partial charge in [0.05, 0.1) is 22.4 Å². The second kappa shape index (κ2) is 9.46. The normalized spacial score (nSPS) is 10.5. The van der Waals surface area contributed by atoms with Gasteiger partial charge in [-0.25, -0.2) is 9.59 Å². The number of anilines is 3. The molecule has 0 saturated carbocycles. The number of nitrogens with one attached hydrogen (secondary N) is 1. The van der Waals surface area contributed by atoms with Gasteiger partial charge in [-0.05, 0) is 42.5 Å². The summed E-state index contributed by atoms with van der Waals surface area (Å²) in [6.45, 7) is 0. The largest absolute Gasteiger partial charge is 0.478 e. The first-order valence-electron chi connectivity index (χ1n) is 8.44. The lowest BCUT2D eigenvalue weighted by Gasteiger charge is -2.12. The highest BCUT2D eigenvalue weighted by molar-refractivity contribution is 5.95. The summed E-state index contributed by atoms with van der Waals surface area (Å²) in [5.41, 5.74) is 5.40. The SMILES string of the molecule is Nc1ccccc1C(=O)O.O=C(O)c1ccccc1Nc1cccc(C(F)(F)F)c1. The lowest BCUT2D eigenvalue weighted by atomic mass is 10.1. The van der Waals surface area contributed by atoms with Crippen LogP contribution in [0, 0.1) is 0 Å². The van der Waals surface area contributed by atoms with Gasteiger partial charge in [0, 0.05) is 11.4 Å². The molecule has 0 aliphatic heterocycles. The summed E-state index contributed by atoms with van der Waals surface area (Å²) in [5.74, 6) is -2.14. The molecule has 0 aromatic heterocycles. The zero-order chi connectivity index (χ0) is 22.3. The van der Waals surface area contributed by atoms with E-state index in [0.717, 1.165) is 12.1 Å². The molecule has 0 fully saturated rings. The topological polar surface area (TPSA) is 113 Å². The molecular formula is C21H17F3N2O4. The highest BCUT2D eigenvalue weighted by Crippen LogP contribution is 2.31. The van der Waals surface area contributed by atoms with Gasteiger partial charge in [0.15, 0.2) is 0 Å². The summed E-state index contributed by atoms with van der Waals surface area (Å²) in [6.07, 6.45) is -4.44. The quantitative estimate of drug-likeness (QED) is 0.438. The number of hydrogen-bond donors (Lipinski definition) is 4. The van der Waals surface area contributed by atoms with Crippen molar-refractivity contribution < 1.29 is 33.0 Å². The molecule has 6 nitrogen and oxygen atoms in total. The van der Waals surface area contributed by atoms with Crippen LogP contribution < -0.4 is 11.1 Å². The Morgan fingerprint density at radius 3 is 1.90 bits per heavy atom. The van der Waals surface area contributed by atoms with Crippen LogP contribution >= 0.6 is 0 Å². The first-order valence-corrected chi connectivity index (χ1v) is 8.44. The number of carboxylic acids is 2. The molecule has 0 unspecified atom stereocenters. The van der Waals surface area contributed by atoms with Crippen molar-refractivity contribution >= 4 is 29.0 Å². The lowest BCUT2D eigenvalue weighted by molar-refractivity contribution is -0.137. The number of alkyl halides is 3. The average molecular weight is 418 g/mol. The number of hydrogen-bond acceptors (Lipinski definition) is 4. The number of halogens is 3. The molecule has 3 rings (SSSR count).